The highest BCUT2D eigenvalue weighted by Gasteiger charge is 2.23. The van der Waals surface area contributed by atoms with Gasteiger partial charge in [0.25, 0.3) is 0 Å². The van der Waals surface area contributed by atoms with Gasteiger partial charge in [0, 0.05) is 19.4 Å². The molecule has 0 radical (unpaired) electrons. The van der Waals surface area contributed by atoms with E-state index in [0.717, 1.165) is 0 Å². The third-order valence-electron chi connectivity index (χ3n) is 2.52. The molecule has 0 fully saturated rings. The van der Waals surface area contributed by atoms with Crippen LogP contribution in [0, 0.1) is 5.92 Å². The fraction of sp³-hybridized carbons (Fsp3) is 0.500. The van der Waals surface area contributed by atoms with E-state index in [0.29, 0.717) is 5.95 Å². The first-order valence-corrected chi connectivity index (χ1v) is 5.92. The Morgan fingerprint density at radius 3 is 2.42 bits per heavy atom. The maximum absolute atomic E-state index is 11.8. The van der Waals surface area contributed by atoms with E-state index in [9.17, 15) is 9.59 Å². The number of amides is 1. The summed E-state index contributed by atoms with van der Waals surface area (Å²) in [5.41, 5.74) is 0. The van der Waals surface area contributed by atoms with Crippen LogP contribution in [0.4, 0.5) is 5.95 Å². The van der Waals surface area contributed by atoms with Gasteiger partial charge in [-0.05, 0) is 12.0 Å². The smallest absolute Gasteiger partial charge is 0.326 e. The topological polar surface area (TPSA) is 95.4 Å². The van der Waals surface area contributed by atoms with Gasteiger partial charge in [-0.15, -0.1) is 0 Å². The molecule has 1 amide bonds. The summed E-state index contributed by atoms with van der Waals surface area (Å²) in [5, 5.41) is 11.5. The SMILES string of the molecule is CC(C)C(NC(=O)CN(C)c1ncccn1)C(=O)O. The molecule has 19 heavy (non-hydrogen) atoms. The third kappa shape index (κ3) is 4.53. The number of hydrogen-bond donors (Lipinski definition) is 2. The second kappa shape index (κ2) is 6.67. The van der Waals surface area contributed by atoms with Gasteiger partial charge in [0.15, 0.2) is 0 Å². The molecule has 0 saturated heterocycles. The van der Waals surface area contributed by atoms with Crippen LogP contribution >= 0.6 is 0 Å². The molecule has 2 N–H and O–H groups in total. The van der Waals surface area contributed by atoms with E-state index >= 15 is 0 Å². The molecule has 1 aromatic rings. The largest absolute Gasteiger partial charge is 0.480 e. The van der Waals surface area contributed by atoms with Crippen LogP contribution < -0.4 is 10.2 Å². The number of aliphatic carboxylic acids is 1. The number of carboxylic acids is 1. The summed E-state index contributed by atoms with van der Waals surface area (Å²) in [6.45, 7) is 3.48. The van der Waals surface area contributed by atoms with Gasteiger partial charge in [0.2, 0.25) is 11.9 Å². The maximum atomic E-state index is 11.8. The van der Waals surface area contributed by atoms with Crippen molar-refractivity contribution in [3.8, 4) is 0 Å². The second-order valence-electron chi connectivity index (χ2n) is 4.53. The zero-order valence-corrected chi connectivity index (χ0v) is 11.2. The zero-order chi connectivity index (χ0) is 14.4. The summed E-state index contributed by atoms with van der Waals surface area (Å²) in [6.07, 6.45) is 3.15. The minimum absolute atomic E-state index is 0.000509. The van der Waals surface area contributed by atoms with E-state index in [2.05, 4.69) is 15.3 Å². The molecule has 7 nitrogen and oxygen atoms in total. The molecule has 0 saturated carbocycles. The Morgan fingerprint density at radius 1 is 1.37 bits per heavy atom. The molecule has 1 aromatic heterocycles. The van der Waals surface area contributed by atoms with Crippen molar-refractivity contribution in [2.24, 2.45) is 5.92 Å². The molecule has 1 heterocycles. The van der Waals surface area contributed by atoms with Gasteiger partial charge < -0.3 is 15.3 Å². The van der Waals surface area contributed by atoms with Gasteiger partial charge in [-0.2, -0.15) is 0 Å². The Kier molecular flexibility index (Phi) is 5.23. The number of carboxylic acid groups (broad SMARTS) is 1. The average Bonchev–Trinajstić information content (AvgIpc) is 2.36. The number of rotatable bonds is 6. The summed E-state index contributed by atoms with van der Waals surface area (Å²) in [4.78, 5) is 32.3. The van der Waals surface area contributed by atoms with Crippen molar-refractivity contribution >= 4 is 17.8 Å². The van der Waals surface area contributed by atoms with Crippen molar-refractivity contribution in [1.29, 1.82) is 0 Å². The number of hydrogen-bond acceptors (Lipinski definition) is 5. The van der Waals surface area contributed by atoms with Crippen molar-refractivity contribution in [2.45, 2.75) is 19.9 Å². The van der Waals surface area contributed by atoms with E-state index in [1.54, 1.807) is 44.3 Å². The number of carbonyl (C=O) groups excluding carboxylic acids is 1. The zero-order valence-electron chi connectivity index (χ0n) is 11.2. The molecule has 0 aliphatic rings. The van der Waals surface area contributed by atoms with Gasteiger partial charge in [-0.25, -0.2) is 14.8 Å². The Balaban J connectivity index is 2.58. The average molecular weight is 266 g/mol. The molecule has 0 aliphatic carbocycles. The number of likely N-dealkylation sites (N-methyl/N-ethyl adjacent to an activating group) is 1. The molecule has 0 aromatic carbocycles. The van der Waals surface area contributed by atoms with Crippen molar-refractivity contribution in [3.05, 3.63) is 18.5 Å². The molecule has 0 aliphatic heterocycles. The summed E-state index contributed by atoms with van der Waals surface area (Å²) in [5.74, 6) is -1.19. The van der Waals surface area contributed by atoms with Gasteiger partial charge in [0.1, 0.15) is 6.04 Å². The third-order valence-corrected chi connectivity index (χ3v) is 2.52. The van der Waals surface area contributed by atoms with E-state index in [-0.39, 0.29) is 18.4 Å². The summed E-state index contributed by atoms with van der Waals surface area (Å²) < 4.78 is 0. The lowest BCUT2D eigenvalue weighted by Crippen LogP contribution is -2.47. The quantitative estimate of drug-likeness (QED) is 0.760. The first kappa shape index (κ1) is 14.9. The van der Waals surface area contributed by atoms with Crippen molar-refractivity contribution in [2.75, 3.05) is 18.5 Å². The first-order valence-electron chi connectivity index (χ1n) is 5.92. The van der Waals surface area contributed by atoms with Crippen LogP contribution in [-0.4, -0.2) is 46.6 Å². The normalized spacial score (nSPS) is 12.0. The standard InChI is InChI=1S/C12H18N4O3/c1-8(2)10(11(18)19)15-9(17)7-16(3)12-13-5-4-6-14-12/h4-6,8,10H,7H2,1-3H3,(H,15,17)(H,18,19). The molecular formula is C12H18N4O3. The summed E-state index contributed by atoms with van der Waals surface area (Å²) >= 11 is 0. The lowest BCUT2D eigenvalue weighted by molar-refractivity contribution is -0.142. The summed E-state index contributed by atoms with van der Waals surface area (Å²) in [6, 6.07) is 0.786. The van der Waals surface area contributed by atoms with Gasteiger partial charge in [-0.1, -0.05) is 13.8 Å². The van der Waals surface area contributed by atoms with Crippen molar-refractivity contribution < 1.29 is 14.7 Å². The van der Waals surface area contributed by atoms with E-state index < -0.39 is 12.0 Å². The molecule has 7 heteroatoms. The minimum Gasteiger partial charge on any atom is -0.480 e. The molecule has 1 rings (SSSR count). The van der Waals surface area contributed by atoms with Gasteiger partial charge in [-0.3, -0.25) is 4.79 Å². The maximum Gasteiger partial charge on any atom is 0.326 e. The molecule has 0 spiro atoms. The Hall–Kier alpha value is -2.18. The number of carbonyl (C=O) groups is 2. The van der Waals surface area contributed by atoms with Crippen LogP contribution in [0.1, 0.15) is 13.8 Å². The Morgan fingerprint density at radius 2 is 1.95 bits per heavy atom. The number of aromatic nitrogens is 2. The Labute approximate surface area is 111 Å². The van der Waals surface area contributed by atoms with E-state index in [4.69, 9.17) is 5.11 Å². The minimum atomic E-state index is -1.04. The second-order valence-corrected chi connectivity index (χ2v) is 4.53. The molecule has 104 valence electrons. The van der Waals surface area contributed by atoms with Crippen LogP contribution in [0.25, 0.3) is 0 Å². The number of nitrogens with one attached hydrogen (secondary N) is 1. The van der Waals surface area contributed by atoms with Crippen LogP contribution in [0.15, 0.2) is 18.5 Å². The lowest BCUT2D eigenvalue weighted by Gasteiger charge is -2.21. The predicted molar refractivity (Wildman–Crippen MR) is 69.7 cm³/mol. The first-order chi connectivity index (χ1) is 8.91. The monoisotopic (exact) mass is 266 g/mol. The van der Waals surface area contributed by atoms with Crippen LogP contribution in [-0.2, 0) is 9.59 Å². The van der Waals surface area contributed by atoms with E-state index in [1.807, 2.05) is 0 Å². The summed E-state index contributed by atoms with van der Waals surface area (Å²) in [7, 11) is 1.67. The van der Waals surface area contributed by atoms with Gasteiger partial charge >= 0.3 is 5.97 Å². The molecular weight excluding hydrogens is 248 g/mol. The van der Waals surface area contributed by atoms with Crippen molar-refractivity contribution in [3.63, 3.8) is 0 Å². The molecule has 1 atom stereocenters. The Bertz CT molecular complexity index is 436. The highest BCUT2D eigenvalue weighted by Crippen LogP contribution is 2.03. The van der Waals surface area contributed by atoms with E-state index in [1.165, 1.54) is 0 Å². The number of anilines is 1. The highest BCUT2D eigenvalue weighted by molar-refractivity contribution is 5.86. The molecule has 0 bridgehead atoms. The molecule has 1 unspecified atom stereocenters. The van der Waals surface area contributed by atoms with Crippen molar-refractivity contribution in [1.82, 2.24) is 15.3 Å². The van der Waals surface area contributed by atoms with Crippen LogP contribution in [0.5, 0.6) is 0 Å². The van der Waals surface area contributed by atoms with Crippen LogP contribution in [0.2, 0.25) is 0 Å². The predicted octanol–water partition coefficient (Wildman–Crippen LogP) is 0.138. The van der Waals surface area contributed by atoms with Gasteiger partial charge in [0.05, 0.1) is 6.54 Å². The fourth-order valence-corrected chi connectivity index (χ4v) is 1.51. The van der Waals surface area contributed by atoms with Crippen LogP contribution in [0.3, 0.4) is 0 Å². The lowest BCUT2D eigenvalue weighted by atomic mass is 10.1. The fourth-order valence-electron chi connectivity index (χ4n) is 1.51. The number of nitrogens with zero attached hydrogens (tertiary/aromatic N) is 3. The highest BCUT2D eigenvalue weighted by atomic mass is 16.4.